The number of anilines is 1. The van der Waals surface area contributed by atoms with E-state index in [0.29, 0.717) is 19.0 Å². The molecule has 130 valence electrons. The van der Waals surface area contributed by atoms with Gasteiger partial charge in [-0.15, -0.1) is 0 Å². The quantitative estimate of drug-likeness (QED) is 0.905. The summed E-state index contributed by atoms with van der Waals surface area (Å²) in [6, 6.07) is 6.26. The van der Waals surface area contributed by atoms with Gasteiger partial charge < -0.3 is 19.7 Å². The molecule has 1 N–H and O–H groups in total. The number of hydrogen-bond acceptors (Lipinski definition) is 4. The Bertz CT molecular complexity index is 593. The van der Waals surface area contributed by atoms with Crippen molar-refractivity contribution in [1.29, 1.82) is 0 Å². The van der Waals surface area contributed by atoms with Crippen LogP contribution in [0, 0.1) is 0 Å². The van der Waals surface area contributed by atoms with Crippen LogP contribution in [-0.4, -0.2) is 61.3 Å². The smallest absolute Gasteiger partial charge is 0.321 e. The second kappa shape index (κ2) is 6.89. The highest BCUT2D eigenvalue weighted by Crippen LogP contribution is 2.32. The highest BCUT2D eigenvalue weighted by atomic mass is 16.6. The summed E-state index contributed by atoms with van der Waals surface area (Å²) in [5, 5.41) is 2.98. The maximum atomic E-state index is 12.5. The average Bonchev–Trinajstić information content (AvgIpc) is 3.16. The maximum Gasteiger partial charge on any atom is 0.321 e. The molecule has 3 aliphatic rings. The highest BCUT2D eigenvalue weighted by Gasteiger charge is 2.28. The molecule has 1 aromatic rings. The Morgan fingerprint density at radius 2 is 1.71 bits per heavy atom. The zero-order valence-corrected chi connectivity index (χ0v) is 14.0. The monoisotopic (exact) mass is 331 g/mol. The van der Waals surface area contributed by atoms with E-state index in [0.717, 1.165) is 43.7 Å². The molecule has 2 aliphatic heterocycles. The number of piperazine rings is 1. The average molecular weight is 331 g/mol. The molecule has 0 atom stereocenters. The third kappa shape index (κ3) is 3.29. The number of carbonyl (C=O) groups is 1. The van der Waals surface area contributed by atoms with Gasteiger partial charge in [-0.2, -0.15) is 0 Å². The van der Waals surface area contributed by atoms with Crippen LogP contribution in [0.15, 0.2) is 18.2 Å². The Hall–Kier alpha value is -1.95. The van der Waals surface area contributed by atoms with Gasteiger partial charge in [0.1, 0.15) is 13.2 Å². The van der Waals surface area contributed by atoms with E-state index in [1.807, 2.05) is 23.1 Å². The third-order valence-electron chi connectivity index (χ3n) is 5.24. The first-order chi connectivity index (χ1) is 11.8. The second-order valence-corrected chi connectivity index (χ2v) is 6.75. The Balaban J connectivity index is 1.32. The minimum atomic E-state index is -0.0299. The van der Waals surface area contributed by atoms with Gasteiger partial charge in [0.25, 0.3) is 0 Å². The zero-order chi connectivity index (χ0) is 16.4. The molecule has 2 heterocycles. The first-order valence-corrected chi connectivity index (χ1v) is 8.99. The topological polar surface area (TPSA) is 54.0 Å². The molecule has 1 aliphatic carbocycles. The molecule has 2 amide bonds. The van der Waals surface area contributed by atoms with E-state index in [2.05, 4.69) is 10.2 Å². The van der Waals surface area contributed by atoms with Crippen LogP contribution in [0.4, 0.5) is 10.5 Å². The van der Waals surface area contributed by atoms with Gasteiger partial charge in [0.2, 0.25) is 0 Å². The zero-order valence-electron chi connectivity index (χ0n) is 14.0. The summed E-state index contributed by atoms with van der Waals surface area (Å²) in [7, 11) is 0. The van der Waals surface area contributed by atoms with E-state index in [-0.39, 0.29) is 6.03 Å². The molecule has 1 aromatic carbocycles. The molecule has 0 aromatic heterocycles. The molecule has 4 rings (SSSR count). The predicted octanol–water partition coefficient (Wildman–Crippen LogP) is 2.55. The van der Waals surface area contributed by atoms with E-state index in [4.69, 9.17) is 9.47 Å². The summed E-state index contributed by atoms with van der Waals surface area (Å²) in [5.41, 5.74) is 0.752. The number of urea groups is 1. The van der Waals surface area contributed by atoms with Gasteiger partial charge in [-0.05, 0) is 25.0 Å². The number of rotatable bonds is 2. The molecule has 1 saturated heterocycles. The van der Waals surface area contributed by atoms with Crippen molar-refractivity contribution < 1.29 is 14.3 Å². The van der Waals surface area contributed by atoms with Gasteiger partial charge in [-0.3, -0.25) is 4.90 Å². The number of ether oxygens (including phenoxy) is 2. The molecule has 0 spiro atoms. The molecule has 1 saturated carbocycles. The summed E-state index contributed by atoms with van der Waals surface area (Å²) in [5.74, 6) is 1.44. The molecule has 24 heavy (non-hydrogen) atoms. The molecule has 0 unspecified atom stereocenters. The summed E-state index contributed by atoms with van der Waals surface area (Å²) < 4.78 is 11.1. The number of amides is 2. The molecule has 0 radical (unpaired) electrons. The van der Waals surface area contributed by atoms with E-state index >= 15 is 0 Å². The fraction of sp³-hybridized carbons (Fsp3) is 0.611. The summed E-state index contributed by atoms with van der Waals surface area (Å²) in [6.45, 7) is 4.69. The van der Waals surface area contributed by atoms with Crippen LogP contribution < -0.4 is 14.8 Å². The highest BCUT2D eigenvalue weighted by molar-refractivity contribution is 5.89. The lowest BCUT2D eigenvalue weighted by Gasteiger charge is -2.38. The molecular weight excluding hydrogens is 306 g/mol. The van der Waals surface area contributed by atoms with E-state index in [9.17, 15) is 4.79 Å². The maximum absolute atomic E-state index is 12.5. The summed E-state index contributed by atoms with van der Waals surface area (Å²) >= 11 is 0. The van der Waals surface area contributed by atoms with E-state index in [1.54, 1.807) is 0 Å². The lowest BCUT2D eigenvalue weighted by Crippen LogP contribution is -2.52. The van der Waals surface area contributed by atoms with Crippen molar-refractivity contribution in [2.75, 3.05) is 44.7 Å². The third-order valence-corrected chi connectivity index (χ3v) is 5.24. The Kier molecular flexibility index (Phi) is 4.47. The van der Waals surface area contributed by atoms with Crippen molar-refractivity contribution in [3.8, 4) is 11.5 Å². The minimum Gasteiger partial charge on any atom is -0.486 e. The van der Waals surface area contributed by atoms with Crippen molar-refractivity contribution in [3.63, 3.8) is 0 Å². The van der Waals surface area contributed by atoms with Gasteiger partial charge in [-0.1, -0.05) is 12.8 Å². The van der Waals surface area contributed by atoms with Crippen LogP contribution in [0.25, 0.3) is 0 Å². The van der Waals surface area contributed by atoms with Gasteiger partial charge in [0, 0.05) is 44.0 Å². The van der Waals surface area contributed by atoms with Crippen LogP contribution in [0.1, 0.15) is 25.7 Å². The fourth-order valence-corrected chi connectivity index (χ4v) is 3.88. The first kappa shape index (κ1) is 15.6. The molecule has 6 nitrogen and oxygen atoms in total. The van der Waals surface area contributed by atoms with Gasteiger partial charge in [-0.25, -0.2) is 4.79 Å². The summed E-state index contributed by atoms with van der Waals surface area (Å²) in [4.78, 5) is 16.9. The van der Waals surface area contributed by atoms with Crippen LogP contribution in [-0.2, 0) is 0 Å². The number of carbonyl (C=O) groups excluding carboxylic acids is 1. The fourth-order valence-electron chi connectivity index (χ4n) is 3.88. The van der Waals surface area contributed by atoms with Crippen LogP contribution >= 0.6 is 0 Å². The minimum absolute atomic E-state index is 0.0299. The van der Waals surface area contributed by atoms with Crippen molar-refractivity contribution >= 4 is 11.7 Å². The number of benzene rings is 1. The second-order valence-electron chi connectivity index (χ2n) is 6.75. The van der Waals surface area contributed by atoms with Gasteiger partial charge in [0.05, 0.1) is 0 Å². The number of hydrogen-bond donors (Lipinski definition) is 1. The Labute approximate surface area is 142 Å². The molecular formula is C18H25N3O3. The van der Waals surface area contributed by atoms with E-state index < -0.39 is 0 Å². The molecule has 0 bridgehead atoms. The lowest BCUT2D eigenvalue weighted by atomic mass is 10.2. The standard InChI is InChI=1S/C18H25N3O3/c22-18(19-14-5-6-16-17(13-14)24-12-11-23-16)21-9-7-20(8-10-21)15-3-1-2-4-15/h5-6,13,15H,1-4,7-12H2,(H,19,22). The van der Waals surface area contributed by atoms with E-state index in [1.165, 1.54) is 25.7 Å². The van der Waals surface area contributed by atoms with Crippen LogP contribution in [0.3, 0.4) is 0 Å². The van der Waals surface area contributed by atoms with Crippen molar-refractivity contribution in [3.05, 3.63) is 18.2 Å². The normalized spacial score (nSPS) is 21.8. The van der Waals surface area contributed by atoms with Gasteiger partial charge >= 0.3 is 6.03 Å². The largest absolute Gasteiger partial charge is 0.486 e. The van der Waals surface area contributed by atoms with Crippen LogP contribution in [0.5, 0.6) is 11.5 Å². The molecule has 6 heteroatoms. The van der Waals surface area contributed by atoms with Crippen molar-refractivity contribution in [2.24, 2.45) is 0 Å². The van der Waals surface area contributed by atoms with Crippen LogP contribution in [0.2, 0.25) is 0 Å². The number of nitrogens with one attached hydrogen (secondary N) is 1. The Morgan fingerprint density at radius 1 is 1.00 bits per heavy atom. The van der Waals surface area contributed by atoms with Crippen molar-refractivity contribution in [1.82, 2.24) is 9.80 Å². The SMILES string of the molecule is O=C(Nc1ccc2c(c1)OCCO2)N1CCN(C2CCCC2)CC1. The Morgan fingerprint density at radius 3 is 2.46 bits per heavy atom. The number of fused-ring (bicyclic) bond motifs is 1. The molecule has 2 fully saturated rings. The van der Waals surface area contributed by atoms with Gasteiger partial charge in [0.15, 0.2) is 11.5 Å². The van der Waals surface area contributed by atoms with Crippen molar-refractivity contribution in [2.45, 2.75) is 31.7 Å². The number of nitrogens with zero attached hydrogens (tertiary/aromatic N) is 2. The summed E-state index contributed by atoms with van der Waals surface area (Å²) in [6.07, 6.45) is 5.36. The predicted molar refractivity (Wildman–Crippen MR) is 91.9 cm³/mol. The first-order valence-electron chi connectivity index (χ1n) is 8.99. The lowest BCUT2D eigenvalue weighted by molar-refractivity contribution is 0.115.